The molecule has 2 bridgehead atoms. The molecule has 0 aromatic heterocycles. The van der Waals surface area contributed by atoms with Crippen molar-refractivity contribution in [3.63, 3.8) is 0 Å². The number of fused-ring (bicyclic) bond motifs is 5. The zero-order valence-electron chi connectivity index (χ0n) is 48.2. The Hall–Kier alpha value is -5.64. The number of ether oxygens (including phenoxy) is 5. The fourth-order valence-corrected chi connectivity index (χ4v) is 19.0. The van der Waals surface area contributed by atoms with Crippen LogP contribution in [-0.4, -0.2) is 118 Å². The third-order valence-corrected chi connectivity index (χ3v) is 27.8. The molecule has 11 atom stereocenters. The first-order valence-electron chi connectivity index (χ1n) is 28.1. The molecule has 0 spiro atoms. The molecule has 3 fully saturated rings. The van der Waals surface area contributed by atoms with Crippen LogP contribution in [0.3, 0.4) is 0 Å². The number of ketones is 2. The average molecular weight is 1120 g/mol. The lowest BCUT2D eigenvalue weighted by molar-refractivity contribution is -0.344. The van der Waals surface area contributed by atoms with Gasteiger partial charge in [0.25, 0.3) is 5.91 Å². The minimum Gasteiger partial charge on any atom is -0.456 e. The molecule has 2 N–H and O–H groups in total. The Labute approximate surface area is 467 Å². The smallest absolute Gasteiger partial charge is 0.338 e. The summed E-state index contributed by atoms with van der Waals surface area (Å²) in [5.41, 5.74) is -6.29. The number of hydrogen-bond donors (Lipinski definition) is 2. The van der Waals surface area contributed by atoms with E-state index in [-0.39, 0.29) is 41.1 Å². The van der Waals surface area contributed by atoms with Gasteiger partial charge in [0.2, 0.25) is 0 Å². The SMILES string of the molecule is CC[Si](CC)(CC)O[C@H]1C[C@H]2OC[C@@]2(OC(C)=O)[C@H]2[C@H](OC(=O)c3cccc(C(C)=O)c3)[C@]3(O)C[C@H](OC(=O)[C@H](O[Si](CC)(CC)CC)[C@@H](NC(=O)c4ccccc4)c4ccccc4)C(C)=C([C@@H](OC(C)=O)C(=O)[C@]12C)C3(C)C. The highest BCUT2D eigenvalue weighted by atomic mass is 28.4. The average Bonchev–Trinajstić information content (AvgIpc) is 3.23. The molecule has 1 saturated heterocycles. The minimum atomic E-state index is -2.79. The summed E-state index contributed by atoms with van der Waals surface area (Å²) in [6, 6.07) is 26.2. The summed E-state index contributed by atoms with van der Waals surface area (Å²) in [6.45, 7) is 22.3. The summed E-state index contributed by atoms with van der Waals surface area (Å²) in [7, 11) is -5.48. The Morgan fingerprint density at radius 3 is 1.84 bits per heavy atom. The molecule has 1 heterocycles. The second kappa shape index (κ2) is 23.8. The van der Waals surface area contributed by atoms with Crippen LogP contribution in [0, 0.1) is 16.7 Å². The predicted octanol–water partition coefficient (Wildman–Crippen LogP) is 10.00. The van der Waals surface area contributed by atoms with Crippen LogP contribution in [0.15, 0.2) is 96.1 Å². The van der Waals surface area contributed by atoms with Crippen LogP contribution in [0.5, 0.6) is 0 Å². The Balaban J connectivity index is 1.51. The van der Waals surface area contributed by atoms with E-state index in [1.807, 2.05) is 47.6 Å². The lowest BCUT2D eigenvalue weighted by Gasteiger charge is -2.68. The Kier molecular flexibility index (Phi) is 18.4. The maximum Gasteiger partial charge on any atom is 0.338 e. The highest BCUT2D eigenvalue weighted by Gasteiger charge is 2.79. The number of nitrogens with one attached hydrogen (secondary N) is 1. The second-order valence-electron chi connectivity index (χ2n) is 22.8. The summed E-state index contributed by atoms with van der Waals surface area (Å²) >= 11 is 0. The van der Waals surface area contributed by atoms with Crippen molar-refractivity contribution in [1.82, 2.24) is 5.32 Å². The molecule has 1 aliphatic heterocycles. The van der Waals surface area contributed by atoms with Crippen LogP contribution in [-0.2, 0) is 51.7 Å². The molecule has 3 aromatic rings. The van der Waals surface area contributed by atoms with E-state index in [9.17, 15) is 24.3 Å². The number of hydrogen-bond acceptors (Lipinski definition) is 15. The van der Waals surface area contributed by atoms with Gasteiger partial charge in [-0.25, -0.2) is 9.59 Å². The van der Waals surface area contributed by atoms with E-state index >= 15 is 14.4 Å². The zero-order valence-corrected chi connectivity index (χ0v) is 50.2. The summed E-state index contributed by atoms with van der Waals surface area (Å²) < 4.78 is 47.2. The van der Waals surface area contributed by atoms with E-state index in [1.165, 1.54) is 39.0 Å². The van der Waals surface area contributed by atoms with Gasteiger partial charge in [0.05, 0.1) is 35.6 Å². The van der Waals surface area contributed by atoms with Crippen molar-refractivity contribution < 1.29 is 71.2 Å². The Bertz CT molecular complexity index is 2800. The summed E-state index contributed by atoms with van der Waals surface area (Å²) in [5.74, 6) is -6.39. The number of benzene rings is 3. The number of carbonyl (C=O) groups is 7. The maximum atomic E-state index is 16.7. The summed E-state index contributed by atoms with van der Waals surface area (Å²) in [6.07, 6.45) is -8.88. The van der Waals surface area contributed by atoms with Crippen LogP contribution in [0.1, 0.15) is 146 Å². The Morgan fingerprint density at radius 2 is 1.30 bits per heavy atom. The van der Waals surface area contributed by atoms with Crippen LogP contribution in [0.25, 0.3) is 0 Å². The predicted molar refractivity (Wildman–Crippen MR) is 300 cm³/mol. The first-order chi connectivity index (χ1) is 37.3. The molecule has 4 aliphatic rings. The highest BCUT2D eigenvalue weighted by molar-refractivity contribution is 6.74. The van der Waals surface area contributed by atoms with Gasteiger partial charge in [-0.2, -0.15) is 0 Å². The number of rotatable bonds is 21. The molecule has 3 aliphatic carbocycles. The quantitative estimate of drug-likeness (QED) is 0.0334. The number of esters is 4. The van der Waals surface area contributed by atoms with Gasteiger partial charge < -0.3 is 43.0 Å². The minimum absolute atomic E-state index is 0.0476. The van der Waals surface area contributed by atoms with Gasteiger partial charge in [-0.1, -0.05) is 116 Å². The lowest BCUT2D eigenvalue weighted by Crippen LogP contribution is -2.82. The Morgan fingerprint density at radius 1 is 0.734 bits per heavy atom. The fraction of sp³-hybridized carbons (Fsp3) is 0.557. The highest BCUT2D eigenvalue weighted by Crippen LogP contribution is 2.65. The summed E-state index contributed by atoms with van der Waals surface area (Å²) in [5, 5.41) is 17.6. The number of amides is 1. The lowest BCUT2D eigenvalue weighted by atomic mass is 9.44. The van der Waals surface area contributed by atoms with E-state index in [1.54, 1.807) is 88.4 Å². The third-order valence-electron chi connectivity index (χ3n) is 18.6. The van der Waals surface area contributed by atoms with E-state index < -0.39 is 129 Å². The normalized spacial score (nSPS) is 28.0. The molecule has 2 saturated carbocycles. The van der Waals surface area contributed by atoms with Crippen LogP contribution in [0.4, 0.5) is 0 Å². The largest absolute Gasteiger partial charge is 0.456 e. The van der Waals surface area contributed by atoms with E-state index in [0.29, 0.717) is 47.4 Å². The summed E-state index contributed by atoms with van der Waals surface area (Å²) in [4.78, 5) is 102. The maximum absolute atomic E-state index is 16.7. The molecule has 79 heavy (non-hydrogen) atoms. The first kappa shape index (κ1) is 61.0. The van der Waals surface area contributed by atoms with Gasteiger partial charge in [-0.3, -0.25) is 24.0 Å². The van der Waals surface area contributed by atoms with Gasteiger partial charge in [-0.15, -0.1) is 0 Å². The molecule has 1 amide bonds. The van der Waals surface area contributed by atoms with Gasteiger partial charge in [0.1, 0.15) is 23.9 Å². The topological polar surface area (TPSA) is 216 Å². The molecular formula is C61H81NO15Si2. The first-order valence-corrected chi connectivity index (χ1v) is 33.1. The van der Waals surface area contributed by atoms with Gasteiger partial charge >= 0.3 is 23.9 Å². The second-order valence-corrected chi connectivity index (χ2v) is 32.2. The van der Waals surface area contributed by atoms with Crippen molar-refractivity contribution in [3.8, 4) is 0 Å². The van der Waals surface area contributed by atoms with Crippen molar-refractivity contribution in [3.05, 3.63) is 118 Å². The molecule has 0 radical (unpaired) electrons. The van der Waals surface area contributed by atoms with Crippen LogP contribution in [0.2, 0.25) is 36.3 Å². The molecular weight excluding hydrogens is 1040 g/mol. The van der Waals surface area contributed by atoms with Gasteiger partial charge in [-0.05, 0) is 98.0 Å². The number of aliphatic hydroxyl groups is 1. The number of Topliss-reactive ketones (excluding diaryl/α,β-unsaturated/α-hetero) is 2. The monoisotopic (exact) mass is 1120 g/mol. The zero-order chi connectivity index (χ0) is 58.0. The van der Waals surface area contributed by atoms with E-state index in [2.05, 4.69) is 5.32 Å². The van der Waals surface area contributed by atoms with Crippen LogP contribution < -0.4 is 5.32 Å². The van der Waals surface area contributed by atoms with Crippen molar-refractivity contribution in [2.45, 2.75) is 193 Å². The fourth-order valence-electron chi connectivity index (χ4n) is 13.3. The molecule has 16 nitrogen and oxygen atoms in total. The van der Waals surface area contributed by atoms with Crippen LogP contribution >= 0.6 is 0 Å². The molecule has 0 unspecified atom stereocenters. The van der Waals surface area contributed by atoms with Crippen molar-refractivity contribution in [2.75, 3.05) is 6.61 Å². The third kappa shape index (κ3) is 11.1. The van der Waals surface area contributed by atoms with Gasteiger partial charge in [0.15, 0.2) is 46.0 Å². The number of carbonyl (C=O) groups excluding carboxylic acids is 7. The van der Waals surface area contributed by atoms with Crippen molar-refractivity contribution >= 4 is 58.0 Å². The standard InChI is InChI=1S/C61H81NO15Si2/c1-14-78(15-2,16-3)76-46-34-47-60(36-71-47,75-40(10)65)52-54(74-56(68)44-32-26-31-43(33-44)38(8)63)61(70)35-45(37(7)48(58(61,11)12)50(72-39(9)64)53(66)59(46,52)13)73-57(69)51(77-79(17-4,18-5)19-6)49(41-27-22-20-23-28-41)62-55(67)42-29-24-21-25-30-42/h20-33,45-47,49-52,54,70H,14-19,34-36H2,1-13H3,(H,62,67)/t45-,46-,47+,49-,50+,51+,52-,54-,59+,60-,61+/m0/s1. The van der Waals surface area contributed by atoms with Crippen molar-refractivity contribution in [1.29, 1.82) is 0 Å². The van der Waals surface area contributed by atoms with E-state index in [0.717, 1.165) is 0 Å². The molecule has 18 heteroatoms. The van der Waals surface area contributed by atoms with E-state index in [4.69, 9.17) is 32.5 Å². The molecule has 3 aromatic carbocycles. The van der Waals surface area contributed by atoms with Crippen molar-refractivity contribution in [2.24, 2.45) is 16.7 Å². The van der Waals surface area contributed by atoms with Gasteiger partial charge in [0, 0.05) is 43.2 Å². The molecule has 7 rings (SSSR count). The molecule has 428 valence electrons.